The van der Waals surface area contributed by atoms with Crippen LogP contribution in [0, 0.1) is 5.82 Å². The number of carbonyl (C=O) groups excluding carboxylic acids is 1. The number of benzene rings is 1. The van der Waals surface area contributed by atoms with Crippen LogP contribution in [-0.4, -0.2) is 10.9 Å². The standard InChI is InChI=1S/C13H10ClFN2O/c14-10-3-1-9(2-4-10)7-17-13(18)11-5-6-16-8-12(11)15/h1-6,8H,7H2,(H,17,18). The molecule has 1 aromatic carbocycles. The SMILES string of the molecule is O=C(NCc1ccc(Cl)cc1)c1ccncc1F. The van der Waals surface area contributed by atoms with Crippen LogP contribution in [-0.2, 0) is 6.54 Å². The zero-order chi connectivity index (χ0) is 13.0. The molecular formula is C13H10ClFN2O. The van der Waals surface area contributed by atoms with Crippen molar-refractivity contribution in [3.8, 4) is 0 Å². The summed E-state index contributed by atoms with van der Waals surface area (Å²) < 4.78 is 13.3. The van der Waals surface area contributed by atoms with Gasteiger partial charge in [0.05, 0.1) is 11.8 Å². The Morgan fingerprint density at radius 2 is 2.00 bits per heavy atom. The lowest BCUT2D eigenvalue weighted by molar-refractivity contribution is 0.0946. The minimum absolute atomic E-state index is 0.0148. The fourth-order valence-corrected chi connectivity index (χ4v) is 1.57. The molecule has 0 unspecified atom stereocenters. The summed E-state index contributed by atoms with van der Waals surface area (Å²) in [5.74, 6) is -1.10. The highest BCUT2D eigenvalue weighted by Crippen LogP contribution is 2.10. The molecule has 3 nitrogen and oxygen atoms in total. The zero-order valence-electron chi connectivity index (χ0n) is 9.36. The van der Waals surface area contributed by atoms with E-state index in [-0.39, 0.29) is 5.56 Å². The highest BCUT2D eigenvalue weighted by Gasteiger charge is 2.10. The molecule has 0 saturated heterocycles. The summed E-state index contributed by atoms with van der Waals surface area (Å²) in [6, 6.07) is 8.40. The average Bonchev–Trinajstić information content (AvgIpc) is 2.38. The number of amides is 1. The number of rotatable bonds is 3. The zero-order valence-corrected chi connectivity index (χ0v) is 10.1. The van der Waals surface area contributed by atoms with Crippen LogP contribution in [0.25, 0.3) is 0 Å². The molecule has 92 valence electrons. The second-order valence-corrected chi connectivity index (χ2v) is 4.10. The number of aromatic nitrogens is 1. The summed E-state index contributed by atoms with van der Waals surface area (Å²) >= 11 is 5.75. The highest BCUT2D eigenvalue weighted by molar-refractivity contribution is 6.30. The Kier molecular flexibility index (Phi) is 3.89. The summed E-state index contributed by atoms with van der Waals surface area (Å²) in [6.07, 6.45) is 2.39. The third-order valence-electron chi connectivity index (χ3n) is 2.38. The lowest BCUT2D eigenvalue weighted by atomic mass is 10.2. The van der Waals surface area contributed by atoms with Crippen LogP contribution in [0.2, 0.25) is 5.02 Å². The maximum absolute atomic E-state index is 13.3. The van der Waals surface area contributed by atoms with Crippen LogP contribution in [0.1, 0.15) is 15.9 Å². The number of hydrogen-bond donors (Lipinski definition) is 1. The van der Waals surface area contributed by atoms with Crippen LogP contribution >= 0.6 is 11.6 Å². The maximum atomic E-state index is 13.3. The van der Waals surface area contributed by atoms with Crippen LogP contribution in [0.15, 0.2) is 42.7 Å². The van der Waals surface area contributed by atoms with Crippen molar-refractivity contribution in [2.45, 2.75) is 6.54 Å². The van der Waals surface area contributed by atoms with Crippen molar-refractivity contribution in [2.24, 2.45) is 0 Å². The molecule has 0 spiro atoms. The lowest BCUT2D eigenvalue weighted by Crippen LogP contribution is -2.23. The molecule has 0 bridgehead atoms. The Bertz CT molecular complexity index is 557. The van der Waals surface area contributed by atoms with E-state index in [4.69, 9.17) is 11.6 Å². The van der Waals surface area contributed by atoms with E-state index in [1.54, 1.807) is 24.3 Å². The van der Waals surface area contributed by atoms with E-state index >= 15 is 0 Å². The fraction of sp³-hybridized carbons (Fsp3) is 0.0769. The van der Waals surface area contributed by atoms with E-state index in [0.29, 0.717) is 11.6 Å². The van der Waals surface area contributed by atoms with Gasteiger partial charge in [0.25, 0.3) is 5.91 Å². The first-order valence-electron chi connectivity index (χ1n) is 5.29. The van der Waals surface area contributed by atoms with Crippen LogP contribution in [0.3, 0.4) is 0 Å². The van der Waals surface area contributed by atoms with Crippen LogP contribution < -0.4 is 5.32 Å². The Morgan fingerprint density at radius 3 is 2.67 bits per heavy atom. The molecule has 0 aliphatic rings. The van der Waals surface area contributed by atoms with Gasteiger partial charge in [-0.1, -0.05) is 23.7 Å². The third kappa shape index (κ3) is 3.05. The average molecular weight is 265 g/mol. The molecule has 5 heteroatoms. The number of carbonyl (C=O) groups is 1. The van der Waals surface area contributed by atoms with E-state index < -0.39 is 11.7 Å². The van der Waals surface area contributed by atoms with Crippen molar-refractivity contribution in [3.63, 3.8) is 0 Å². The quantitative estimate of drug-likeness (QED) is 0.926. The Balaban J connectivity index is 2.01. The van der Waals surface area contributed by atoms with E-state index in [2.05, 4.69) is 10.3 Å². The molecule has 0 aliphatic heterocycles. The van der Waals surface area contributed by atoms with Crippen molar-refractivity contribution in [2.75, 3.05) is 0 Å². The van der Waals surface area contributed by atoms with E-state index in [1.807, 2.05) is 0 Å². The topological polar surface area (TPSA) is 42.0 Å². The second-order valence-electron chi connectivity index (χ2n) is 3.66. The molecule has 18 heavy (non-hydrogen) atoms. The van der Waals surface area contributed by atoms with Gasteiger partial charge in [0.2, 0.25) is 0 Å². The third-order valence-corrected chi connectivity index (χ3v) is 2.64. The van der Waals surface area contributed by atoms with E-state index in [0.717, 1.165) is 11.8 Å². The largest absolute Gasteiger partial charge is 0.348 e. The predicted molar refractivity (Wildman–Crippen MR) is 66.8 cm³/mol. The van der Waals surface area contributed by atoms with Crippen LogP contribution in [0.5, 0.6) is 0 Å². The lowest BCUT2D eigenvalue weighted by Gasteiger charge is -2.06. The maximum Gasteiger partial charge on any atom is 0.254 e. The molecule has 1 amide bonds. The molecule has 1 heterocycles. The molecule has 0 atom stereocenters. The van der Waals surface area contributed by atoms with Crippen molar-refractivity contribution < 1.29 is 9.18 Å². The first kappa shape index (κ1) is 12.5. The fourth-order valence-electron chi connectivity index (χ4n) is 1.44. The molecule has 1 N–H and O–H groups in total. The van der Waals surface area contributed by atoms with Crippen molar-refractivity contribution in [1.29, 1.82) is 0 Å². The Hall–Kier alpha value is -1.94. The number of nitrogens with one attached hydrogen (secondary N) is 1. The smallest absolute Gasteiger partial charge is 0.254 e. The van der Waals surface area contributed by atoms with Crippen LogP contribution in [0.4, 0.5) is 4.39 Å². The monoisotopic (exact) mass is 264 g/mol. The van der Waals surface area contributed by atoms with Gasteiger partial charge in [-0.3, -0.25) is 9.78 Å². The van der Waals surface area contributed by atoms with Gasteiger partial charge in [0.15, 0.2) is 5.82 Å². The molecule has 0 radical (unpaired) electrons. The number of halogens is 2. The van der Waals surface area contributed by atoms with Gasteiger partial charge in [0.1, 0.15) is 0 Å². The van der Waals surface area contributed by atoms with Gasteiger partial charge in [0, 0.05) is 17.8 Å². The van der Waals surface area contributed by atoms with E-state index in [9.17, 15) is 9.18 Å². The Labute approximate surface area is 109 Å². The van der Waals surface area contributed by atoms with Gasteiger partial charge in [-0.05, 0) is 23.8 Å². The molecule has 0 aliphatic carbocycles. The van der Waals surface area contributed by atoms with Gasteiger partial charge < -0.3 is 5.32 Å². The first-order valence-corrected chi connectivity index (χ1v) is 5.67. The minimum atomic E-state index is -0.633. The summed E-state index contributed by atoms with van der Waals surface area (Å²) in [6.45, 7) is 0.317. The molecule has 0 fully saturated rings. The number of hydrogen-bond acceptors (Lipinski definition) is 2. The molecule has 2 rings (SSSR count). The highest BCUT2D eigenvalue weighted by atomic mass is 35.5. The number of pyridine rings is 1. The van der Waals surface area contributed by atoms with Crippen molar-refractivity contribution in [3.05, 3.63) is 64.7 Å². The molecule has 0 saturated carbocycles. The first-order chi connectivity index (χ1) is 8.66. The van der Waals surface area contributed by atoms with Gasteiger partial charge in [-0.25, -0.2) is 4.39 Å². The number of nitrogens with zero attached hydrogens (tertiary/aromatic N) is 1. The summed E-state index contributed by atoms with van der Waals surface area (Å²) in [7, 11) is 0. The minimum Gasteiger partial charge on any atom is -0.348 e. The van der Waals surface area contributed by atoms with Gasteiger partial charge >= 0.3 is 0 Å². The summed E-state index contributed by atoms with van der Waals surface area (Å²) in [4.78, 5) is 15.3. The second kappa shape index (κ2) is 5.60. The van der Waals surface area contributed by atoms with Gasteiger partial charge in [-0.15, -0.1) is 0 Å². The van der Waals surface area contributed by atoms with Gasteiger partial charge in [-0.2, -0.15) is 0 Å². The molecular weight excluding hydrogens is 255 g/mol. The Morgan fingerprint density at radius 1 is 1.28 bits per heavy atom. The van der Waals surface area contributed by atoms with E-state index in [1.165, 1.54) is 12.3 Å². The normalized spacial score (nSPS) is 10.1. The molecule has 2 aromatic rings. The molecule has 1 aromatic heterocycles. The van der Waals surface area contributed by atoms with Crippen molar-refractivity contribution >= 4 is 17.5 Å². The predicted octanol–water partition coefficient (Wildman–Crippen LogP) is 2.80. The van der Waals surface area contributed by atoms with Crippen molar-refractivity contribution in [1.82, 2.24) is 10.3 Å². The summed E-state index contributed by atoms with van der Waals surface area (Å²) in [5.41, 5.74) is 0.876. The summed E-state index contributed by atoms with van der Waals surface area (Å²) in [5, 5.41) is 3.26.